The number of aromatic carboxylic acids is 1. The molecule has 0 bridgehead atoms. The summed E-state index contributed by atoms with van der Waals surface area (Å²) in [6, 6.07) is 3.35. The van der Waals surface area contributed by atoms with Gasteiger partial charge in [-0.3, -0.25) is 10.1 Å². The molecule has 0 aliphatic heterocycles. The van der Waals surface area contributed by atoms with Crippen molar-refractivity contribution in [3.8, 4) is 6.07 Å². The molecular weight excluding hydrogens is 202 g/mol. The number of nitro benzene ring substituents is 1. The summed E-state index contributed by atoms with van der Waals surface area (Å²) in [5, 5.41) is 27.7. The van der Waals surface area contributed by atoms with Gasteiger partial charge in [0, 0.05) is 6.07 Å². The first-order chi connectivity index (χ1) is 6.97. The minimum Gasteiger partial charge on any atom is -0.478 e. The predicted molar refractivity (Wildman–Crippen MR) is 49.2 cm³/mol. The number of hydrogen-bond acceptors (Lipinski definition) is 5. The maximum Gasteiger partial charge on any atom is 0.337 e. The second-order valence-electron chi connectivity index (χ2n) is 2.63. The van der Waals surface area contributed by atoms with Gasteiger partial charge in [0.15, 0.2) is 0 Å². The summed E-state index contributed by atoms with van der Waals surface area (Å²) in [6.07, 6.45) is 0. The van der Waals surface area contributed by atoms with Crippen LogP contribution >= 0.6 is 0 Å². The van der Waals surface area contributed by atoms with Crippen molar-refractivity contribution in [1.82, 2.24) is 0 Å². The van der Waals surface area contributed by atoms with Gasteiger partial charge < -0.3 is 10.8 Å². The molecule has 7 nitrogen and oxygen atoms in total. The van der Waals surface area contributed by atoms with E-state index in [1.165, 1.54) is 0 Å². The van der Waals surface area contributed by atoms with E-state index in [-0.39, 0.29) is 11.3 Å². The zero-order valence-corrected chi connectivity index (χ0v) is 7.30. The number of nitriles is 1. The molecule has 76 valence electrons. The Morgan fingerprint density at radius 3 is 2.60 bits per heavy atom. The molecule has 0 fully saturated rings. The van der Waals surface area contributed by atoms with Crippen LogP contribution in [0, 0.1) is 21.4 Å². The van der Waals surface area contributed by atoms with Crippen LogP contribution in [0.15, 0.2) is 12.1 Å². The number of hydrogen-bond donors (Lipinski definition) is 2. The quantitative estimate of drug-likeness (QED) is 0.418. The van der Waals surface area contributed by atoms with Gasteiger partial charge >= 0.3 is 5.97 Å². The molecule has 0 radical (unpaired) electrons. The third-order valence-corrected chi connectivity index (χ3v) is 1.71. The van der Waals surface area contributed by atoms with Crippen LogP contribution in [-0.4, -0.2) is 16.0 Å². The van der Waals surface area contributed by atoms with E-state index in [1.807, 2.05) is 0 Å². The lowest BCUT2D eigenvalue weighted by molar-refractivity contribution is -0.383. The Kier molecular flexibility index (Phi) is 2.53. The number of carboxylic acids is 1. The molecule has 7 heteroatoms. The van der Waals surface area contributed by atoms with Crippen LogP contribution in [0.5, 0.6) is 0 Å². The van der Waals surface area contributed by atoms with Crippen molar-refractivity contribution in [3.05, 3.63) is 33.4 Å². The summed E-state index contributed by atoms with van der Waals surface area (Å²) < 4.78 is 0. The number of nitrogens with zero attached hydrogens (tertiary/aromatic N) is 2. The molecule has 1 aromatic carbocycles. The van der Waals surface area contributed by atoms with E-state index < -0.39 is 22.1 Å². The van der Waals surface area contributed by atoms with Gasteiger partial charge in [-0.15, -0.1) is 0 Å². The Bertz CT molecular complexity index is 489. The molecule has 0 saturated carbocycles. The van der Waals surface area contributed by atoms with Gasteiger partial charge in [0.2, 0.25) is 0 Å². The zero-order chi connectivity index (χ0) is 11.6. The van der Waals surface area contributed by atoms with Gasteiger partial charge in [0.25, 0.3) is 5.69 Å². The van der Waals surface area contributed by atoms with Crippen molar-refractivity contribution >= 4 is 17.3 Å². The fourth-order valence-electron chi connectivity index (χ4n) is 1.03. The largest absolute Gasteiger partial charge is 0.478 e. The molecule has 0 aliphatic carbocycles. The number of benzene rings is 1. The Hall–Kier alpha value is -2.62. The topological polar surface area (TPSA) is 130 Å². The molecule has 0 aliphatic rings. The molecule has 1 aromatic rings. The normalized spacial score (nSPS) is 9.27. The molecule has 15 heavy (non-hydrogen) atoms. The van der Waals surface area contributed by atoms with Crippen molar-refractivity contribution in [2.24, 2.45) is 0 Å². The highest BCUT2D eigenvalue weighted by atomic mass is 16.6. The summed E-state index contributed by atoms with van der Waals surface area (Å²) in [4.78, 5) is 20.3. The molecule has 0 heterocycles. The number of rotatable bonds is 2. The standard InChI is InChI=1S/C8H5N3O4/c9-3-4-1-6(10)7(11(14)15)2-5(4)8(12)13/h1-2H,10H2,(H,12,13). The monoisotopic (exact) mass is 207 g/mol. The van der Waals surface area contributed by atoms with Crippen LogP contribution in [0.25, 0.3) is 0 Å². The van der Waals surface area contributed by atoms with Crippen LogP contribution in [0.4, 0.5) is 11.4 Å². The summed E-state index contributed by atoms with van der Waals surface area (Å²) in [7, 11) is 0. The fraction of sp³-hybridized carbons (Fsp3) is 0. The van der Waals surface area contributed by atoms with Crippen LogP contribution in [0.2, 0.25) is 0 Å². The number of nitro groups is 1. The molecule has 0 saturated heterocycles. The van der Waals surface area contributed by atoms with E-state index in [0.717, 1.165) is 12.1 Å². The van der Waals surface area contributed by atoms with E-state index >= 15 is 0 Å². The lowest BCUT2D eigenvalue weighted by Crippen LogP contribution is -2.04. The van der Waals surface area contributed by atoms with Crippen LogP contribution in [0.3, 0.4) is 0 Å². The number of anilines is 1. The molecule has 0 amide bonds. The molecule has 0 spiro atoms. The second-order valence-corrected chi connectivity index (χ2v) is 2.63. The van der Waals surface area contributed by atoms with E-state index in [1.54, 1.807) is 6.07 Å². The maximum atomic E-state index is 10.7. The van der Waals surface area contributed by atoms with Crippen molar-refractivity contribution in [3.63, 3.8) is 0 Å². The molecule has 3 N–H and O–H groups in total. The van der Waals surface area contributed by atoms with Crippen molar-refractivity contribution in [2.45, 2.75) is 0 Å². The fourth-order valence-corrected chi connectivity index (χ4v) is 1.03. The van der Waals surface area contributed by atoms with E-state index in [4.69, 9.17) is 16.1 Å². The Morgan fingerprint density at radius 1 is 1.60 bits per heavy atom. The summed E-state index contributed by atoms with van der Waals surface area (Å²) in [5.74, 6) is -1.41. The third-order valence-electron chi connectivity index (χ3n) is 1.71. The average Bonchev–Trinajstić information content (AvgIpc) is 2.16. The maximum absolute atomic E-state index is 10.7. The highest BCUT2D eigenvalue weighted by Crippen LogP contribution is 2.25. The van der Waals surface area contributed by atoms with Crippen molar-refractivity contribution < 1.29 is 14.8 Å². The smallest absolute Gasteiger partial charge is 0.337 e. The number of nitrogens with two attached hydrogens (primary N) is 1. The van der Waals surface area contributed by atoms with Crippen molar-refractivity contribution in [2.75, 3.05) is 5.73 Å². The van der Waals surface area contributed by atoms with Gasteiger partial charge in [0.1, 0.15) is 11.8 Å². The SMILES string of the molecule is N#Cc1cc(N)c([N+](=O)[O-])cc1C(=O)O. The van der Waals surface area contributed by atoms with Gasteiger partial charge in [-0.05, 0) is 6.07 Å². The van der Waals surface area contributed by atoms with Crippen molar-refractivity contribution in [1.29, 1.82) is 5.26 Å². The van der Waals surface area contributed by atoms with Crippen LogP contribution < -0.4 is 5.73 Å². The van der Waals surface area contributed by atoms with E-state index in [0.29, 0.717) is 0 Å². The highest BCUT2D eigenvalue weighted by molar-refractivity contribution is 5.92. The first-order valence-electron chi connectivity index (χ1n) is 3.68. The van der Waals surface area contributed by atoms with Crippen LogP contribution in [0.1, 0.15) is 15.9 Å². The number of carboxylic acid groups (broad SMARTS) is 1. The second kappa shape index (κ2) is 3.63. The van der Waals surface area contributed by atoms with Crippen LogP contribution in [-0.2, 0) is 0 Å². The van der Waals surface area contributed by atoms with Gasteiger partial charge in [-0.1, -0.05) is 0 Å². The minimum atomic E-state index is -1.41. The highest BCUT2D eigenvalue weighted by Gasteiger charge is 2.19. The van der Waals surface area contributed by atoms with Gasteiger partial charge in [-0.2, -0.15) is 5.26 Å². The summed E-state index contributed by atoms with van der Waals surface area (Å²) >= 11 is 0. The molecule has 1 rings (SSSR count). The summed E-state index contributed by atoms with van der Waals surface area (Å²) in [6.45, 7) is 0. The van der Waals surface area contributed by atoms with Gasteiger partial charge in [0.05, 0.1) is 16.1 Å². The van der Waals surface area contributed by atoms with E-state index in [9.17, 15) is 14.9 Å². The average molecular weight is 207 g/mol. The lowest BCUT2D eigenvalue weighted by Gasteiger charge is -2.01. The molecule has 0 atom stereocenters. The Balaban J connectivity index is 3.52. The molecular formula is C8H5N3O4. The lowest BCUT2D eigenvalue weighted by atomic mass is 10.1. The first kappa shape index (κ1) is 10.5. The minimum absolute atomic E-state index is 0.203. The zero-order valence-electron chi connectivity index (χ0n) is 7.30. The number of nitrogen functional groups attached to an aromatic ring is 1. The Morgan fingerprint density at radius 2 is 2.20 bits per heavy atom. The Labute approximate surface area is 83.5 Å². The number of carbonyl (C=O) groups is 1. The third kappa shape index (κ3) is 1.83. The molecule has 0 unspecified atom stereocenters. The van der Waals surface area contributed by atoms with E-state index in [2.05, 4.69) is 0 Å². The predicted octanol–water partition coefficient (Wildman–Crippen LogP) is 0.747. The molecule has 0 aromatic heterocycles. The first-order valence-corrected chi connectivity index (χ1v) is 3.68. The van der Waals surface area contributed by atoms with Gasteiger partial charge in [-0.25, -0.2) is 4.79 Å². The summed E-state index contributed by atoms with van der Waals surface area (Å²) in [5.41, 5.74) is 3.89.